The van der Waals surface area contributed by atoms with Crippen LogP contribution in [0.4, 0.5) is 6.01 Å². The number of rotatable bonds is 4. The number of aryl methyl sites for hydroxylation is 1. The SMILES string of the molecule is Cc1ccsc1-c1nnc(NCc2cncs2)o1. The zero-order valence-corrected chi connectivity index (χ0v) is 11.2. The van der Waals surface area contributed by atoms with Crippen molar-refractivity contribution < 1.29 is 4.42 Å². The first kappa shape index (κ1) is 11.4. The molecule has 18 heavy (non-hydrogen) atoms. The van der Waals surface area contributed by atoms with Crippen molar-refractivity contribution in [3.05, 3.63) is 33.6 Å². The lowest BCUT2D eigenvalue weighted by molar-refractivity contribution is 0.582. The van der Waals surface area contributed by atoms with Gasteiger partial charge in [-0.3, -0.25) is 4.98 Å². The van der Waals surface area contributed by atoms with Crippen LogP contribution in [0, 0.1) is 6.92 Å². The van der Waals surface area contributed by atoms with E-state index in [4.69, 9.17) is 4.42 Å². The molecule has 5 nitrogen and oxygen atoms in total. The van der Waals surface area contributed by atoms with E-state index in [0.29, 0.717) is 18.5 Å². The second kappa shape index (κ2) is 4.87. The summed E-state index contributed by atoms with van der Waals surface area (Å²) >= 11 is 3.19. The van der Waals surface area contributed by atoms with E-state index in [1.165, 1.54) is 0 Å². The van der Waals surface area contributed by atoms with E-state index in [2.05, 4.69) is 20.5 Å². The van der Waals surface area contributed by atoms with Crippen LogP contribution in [0.3, 0.4) is 0 Å². The molecular weight excluding hydrogens is 268 g/mol. The lowest BCUT2D eigenvalue weighted by atomic mass is 10.3. The Morgan fingerprint density at radius 3 is 3.00 bits per heavy atom. The van der Waals surface area contributed by atoms with Crippen LogP contribution < -0.4 is 5.32 Å². The molecule has 0 atom stereocenters. The third-order valence-corrected chi connectivity index (χ3v) is 4.16. The van der Waals surface area contributed by atoms with Crippen LogP contribution in [-0.2, 0) is 6.54 Å². The summed E-state index contributed by atoms with van der Waals surface area (Å²) in [6.07, 6.45) is 1.82. The van der Waals surface area contributed by atoms with Crippen LogP contribution in [0.25, 0.3) is 10.8 Å². The van der Waals surface area contributed by atoms with Gasteiger partial charge in [-0.2, -0.15) is 0 Å². The van der Waals surface area contributed by atoms with Crippen molar-refractivity contribution in [3.63, 3.8) is 0 Å². The molecule has 3 rings (SSSR count). The predicted molar refractivity (Wildman–Crippen MR) is 71.8 cm³/mol. The first-order chi connectivity index (χ1) is 8.83. The van der Waals surface area contributed by atoms with E-state index >= 15 is 0 Å². The lowest BCUT2D eigenvalue weighted by Crippen LogP contribution is -1.97. The summed E-state index contributed by atoms with van der Waals surface area (Å²) in [4.78, 5) is 6.15. The Hall–Kier alpha value is -1.73. The fraction of sp³-hybridized carbons (Fsp3) is 0.182. The number of nitrogens with zero attached hydrogens (tertiary/aromatic N) is 3. The highest BCUT2D eigenvalue weighted by Gasteiger charge is 2.11. The van der Waals surface area contributed by atoms with Gasteiger partial charge in [0.2, 0.25) is 0 Å². The van der Waals surface area contributed by atoms with Gasteiger partial charge in [-0.15, -0.1) is 27.8 Å². The smallest absolute Gasteiger partial charge is 0.316 e. The molecule has 0 aliphatic heterocycles. The number of thiophene rings is 1. The summed E-state index contributed by atoms with van der Waals surface area (Å²) in [7, 11) is 0. The molecule has 7 heteroatoms. The molecule has 0 aliphatic carbocycles. The Labute approximate surface area is 112 Å². The largest absolute Gasteiger partial charge is 0.402 e. The quantitative estimate of drug-likeness (QED) is 0.794. The van der Waals surface area contributed by atoms with Gasteiger partial charge >= 0.3 is 6.01 Å². The van der Waals surface area contributed by atoms with E-state index in [1.807, 2.05) is 24.6 Å². The summed E-state index contributed by atoms with van der Waals surface area (Å²) in [5.74, 6) is 0.564. The predicted octanol–water partition coefficient (Wildman–Crippen LogP) is 3.18. The average Bonchev–Trinajstić information content (AvgIpc) is 3.07. The summed E-state index contributed by atoms with van der Waals surface area (Å²) in [6, 6.07) is 2.47. The first-order valence-corrected chi connectivity index (χ1v) is 7.08. The van der Waals surface area contributed by atoms with Gasteiger partial charge in [-0.25, -0.2) is 0 Å². The standard InChI is InChI=1S/C11H10N4OS2/c1-7-2-3-17-9(7)10-14-15-11(16-10)13-5-8-4-12-6-18-8/h2-4,6H,5H2,1H3,(H,13,15). The van der Waals surface area contributed by atoms with Gasteiger partial charge in [-0.1, -0.05) is 5.10 Å². The number of nitrogens with one attached hydrogen (secondary N) is 1. The maximum absolute atomic E-state index is 5.57. The van der Waals surface area contributed by atoms with Gasteiger partial charge in [0.25, 0.3) is 5.89 Å². The van der Waals surface area contributed by atoms with Crippen LogP contribution in [0.2, 0.25) is 0 Å². The maximum Gasteiger partial charge on any atom is 0.316 e. The third kappa shape index (κ3) is 2.27. The van der Waals surface area contributed by atoms with Gasteiger partial charge in [0.05, 0.1) is 16.9 Å². The molecule has 3 aromatic rings. The Bertz CT molecular complexity index is 629. The molecule has 0 spiro atoms. The topological polar surface area (TPSA) is 63.8 Å². The molecule has 0 amide bonds. The highest BCUT2D eigenvalue weighted by atomic mass is 32.1. The first-order valence-electron chi connectivity index (χ1n) is 5.32. The summed E-state index contributed by atoms with van der Waals surface area (Å²) in [5.41, 5.74) is 2.95. The highest BCUT2D eigenvalue weighted by molar-refractivity contribution is 7.13. The zero-order valence-electron chi connectivity index (χ0n) is 9.58. The van der Waals surface area contributed by atoms with Crippen LogP contribution in [0.1, 0.15) is 10.4 Å². The second-order valence-electron chi connectivity index (χ2n) is 3.67. The van der Waals surface area contributed by atoms with Crippen molar-refractivity contribution in [3.8, 4) is 10.8 Å². The molecule has 0 bridgehead atoms. The molecule has 1 N–H and O–H groups in total. The van der Waals surface area contributed by atoms with Crippen LogP contribution >= 0.6 is 22.7 Å². The average molecular weight is 278 g/mol. The third-order valence-electron chi connectivity index (χ3n) is 2.38. The number of thiazole rings is 1. The molecule has 0 radical (unpaired) electrons. The highest BCUT2D eigenvalue weighted by Crippen LogP contribution is 2.28. The van der Waals surface area contributed by atoms with E-state index in [0.717, 1.165) is 15.3 Å². The van der Waals surface area contributed by atoms with Crippen LogP contribution in [-0.4, -0.2) is 15.2 Å². The van der Waals surface area contributed by atoms with Gasteiger partial charge in [-0.05, 0) is 23.9 Å². The van der Waals surface area contributed by atoms with E-state index in [9.17, 15) is 0 Å². The number of anilines is 1. The minimum absolute atomic E-state index is 0.436. The Kier molecular flexibility index (Phi) is 3.07. The van der Waals surface area contributed by atoms with E-state index in [1.54, 1.807) is 28.2 Å². The van der Waals surface area contributed by atoms with Crippen molar-refractivity contribution >= 4 is 28.7 Å². The molecule has 0 aliphatic rings. The molecule has 0 unspecified atom stereocenters. The molecule has 0 saturated heterocycles. The second-order valence-corrected chi connectivity index (χ2v) is 5.55. The summed E-state index contributed by atoms with van der Waals surface area (Å²) in [6.45, 7) is 2.68. The van der Waals surface area contributed by atoms with Crippen molar-refractivity contribution in [1.29, 1.82) is 0 Å². The fourth-order valence-electron chi connectivity index (χ4n) is 1.47. The Morgan fingerprint density at radius 1 is 1.33 bits per heavy atom. The van der Waals surface area contributed by atoms with Gasteiger partial charge in [0.15, 0.2) is 0 Å². The molecule has 0 saturated carbocycles. The van der Waals surface area contributed by atoms with Gasteiger partial charge in [0, 0.05) is 11.1 Å². The number of hydrogen-bond donors (Lipinski definition) is 1. The van der Waals surface area contributed by atoms with Crippen molar-refractivity contribution in [1.82, 2.24) is 15.2 Å². The fourth-order valence-corrected chi connectivity index (χ4v) is 2.85. The maximum atomic E-state index is 5.57. The van der Waals surface area contributed by atoms with Crippen LogP contribution in [0.5, 0.6) is 0 Å². The van der Waals surface area contributed by atoms with Crippen LogP contribution in [0.15, 0.2) is 27.6 Å². The molecule has 92 valence electrons. The normalized spacial score (nSPS) is 10.7. The molecule has 3 heterocycles. The molecule has 0 aromatic carbocycles. The lowest BCUT2D eigenvalue weighted by Gasteiger charge is -1.96. The monoisotopic (exact) mass is 278 g/mol. The number of hydrogen-bond acceptors (Lipinski definition) is 7. The Balaban J connectivity index is 1.72. The molecule has 3 aromatic heterocycles. The van der Waals surface area contributed by atoms with Crippen molar-refractivity contribution in [2.75, 3.05) is 5.32 Å². The minimum Gasteiger partial charge on any atom is -0.402 e. The van der Waals surface area contributed by atoms with E-state index < -0.39 is 0 Å². The molecule has 0 fully saturated rings. The van der Waals surface area contributed by atoms with E-state index in [-0.39, 0.29) is 0 Å². The van der Waals surface area contributed by atoms with Gasteiger partial charge < -0.3 is 9.73 Å². The zero-order chi connectivity index (χ0) is 12.4. The Morgan fingerprint density at radius 2 is 2.28 bits per heavy atom. The summed E-state index contributed by atoms with van der Waals surface area (Å²) < 4.78 is 5.57. The number of aromatic nitrogens is 3. The molecular formula is C11H10N4OS2. The minimum atomic E-state index is 0.436. The van der Waals surface area contributed by atoms with Gasteiger partial charge in [0.1, 0.15) is 0 Å². The van der Waals surface area contributed by atoms with Crippen molar-refractivity contribution in [2.45, 2.75) is 13.5 Å². The summed E-state index contributed by atoms with van der Waals surface area (Å²) in [5, 5.41) is 13.1. The van der Waals surface area contributed by atoms with Crippen molar-refractivity contribution in [2.24, 2.45) is 0 Å².